The molecule has 2 N–H and O–H groups in total. The van der Waals surface area contributed by atoms with Crippen LogP contribution in [0.3, 0.4) is 0 Å². The number of hydrogen-bond donors (Lipinski definition) is 2. The summed E-state index contributed by atoms with van der Waals surface area (Å²) in [5.74, 6) is -2.39. The average Bonchev–Trinajstić information content (AvgIpc) is 3.36. The Morgan fingerprint density at radius 1 is 1.24 bits per heavy atom. The molecule has 0 spiro atoms. The van der Waals surface area contributed by atoms with Gasteiger partial charge in [0.1, 0.15) is 11.5 Å². The number of nitrogens with zero attached hydrogens (tertiary/aromatic N) is 1. The average molecular weight is 631 g/mol. The second kappa shape index (κ2) is 14.3. The minimum atomic E-state index is -2.90. The van der Waals surface area contributed by atoms with Crippen LogP contribution >= 0.6 is 30.9 Å². The Kier molecular flexibility index (Phi) is 11.1. The molecule has 0 saturated carbocycles. The number of nitrogens with one attached hydrogen (secondary N) is 1. The van der Waals surface area contributed by atoms with Crippen LogP contribution in [0, 0.1) is 0 Å². The van der Waals surface area contributed by atoms with Crippen molar-refractivity contribution in [2.24, 2.45) is 0 Å². The van der Waals surface area contributed by atoms with Crippen LogP contribution in [0.1, 0.15) is 41.8 Å². The molecule has 2 heterocycles. The molecule has 0 bridgehead atoms. The van der Waals surface area contributed by atoms with E-state index in [1.54, 1.807) is 36.1 Å². The maximum Gasteiger partial charge on any atom is 0.348 e. The van der Waals surface area contributed by atoms with Crippen LogP contribution in [0.15, 0.2) is 70.2 Å². The fourth-order valence-corrected chi connectivity index (χ4v) is 5.64. The van der Waals surface area contributed by atoms with E-state index in [-0.39, 0.29) is 39.8 Å². The number of carboxylic acid groups (broad SMARTS) is 1. The fraction of sp³-hybridized carbons (Fsp3) is 0.233. The number of amides is 2. The molecule has 0 aliphatic carbocycles. The van der Waals surface area contributed by atoms with Gasteiger partial charge in [0.05, 0.1) is 27.2 Å². The topological polar surface area (TPSA) is 134 Å². The van der Waals surface area contributed by atoms with Gasteiger partial charge in [0.15, 0.2) is 0 Å². The first-order chi connectivity index (χ1) is 19.9. The highest BCUT2D eigenvalue weighted by atomic mass is 35.5. The lowest BCUT2D eigenvalue weighted by atomic mass is 9.95. The van der Waals surface area contributed by atoms with Gasteiger partial charge in [0.25, 0.3) is 11.8 Å². The van der Waals surface area contributed by atoms with E-state index in [2.05, 4.69) is 18.5 Å². The number of carbonyl (C=O) groups is 3. The fourth-order valence-electron chi connectivity index (χ4n) is 4.40. The Hall–Kier alpha value is -3.91. The largest absolute Gasteiger partial charge is 0.480 e. The van der Waals surface area contributed by atoms with Crippen LogP contribution in [-0.4, -0.2) is 40.4 Å². The standard InChI is InChI=1S/C30H29Cl2N2O7P/c1-5-18(12-21(7-3)42(39)40)13-24(30(37)38)33-28(35)26-23(31)14-20-16-34(10-8-22(20)27(26)32)29(36)19(6-2)15-25-17(4)9-11-41-25/h5-7,9,11-12,14-15,24H,1,4,8,10,13,16H2,2-3H3,(H,33,35)(H,37,38)/b18-12+,19-6+,21-7+,25-15+/t24-/m0/s1. The van der Waals surface area contributed by atoms with E-state index >= 15 is 0 Å². The Bertz CT molecular complexity index is 1710. The molecule has 2 amide bonds. The first-order valence-electron chi connectivity index (χ1n) is 12.8. The molecule has 42 heavy (non-hydrogen) atoms. The lowest BCUT2D eigenvalue weighted by Gasteiger charge is -2.30. The number of allylic oxidation sites excluding steroid dienone is 5. The highest BCUT2D eigenvalue weighted by Crippen LogP contribution is 2.35. The molecule has 0 fully saturated rings. The van der Waals surface area contributed by atoms with Crippen LogP contribution in [0.2, 0.25) is 10.0 Å². The van der Waals surface area contributed by atoms with Gasteiger partial charge in [-0.1, -0.05) is 54.6 Å². The monoisotopic (exact) mass is 630 g/mol. The van der Waals surface area contributed by atoms with Crippen molar-refractivity contribution >= 4 is 61.3 Å². The van der Waals surface area contributed by atoms with Crippen LogP contribution in [-0.2, 0) is 31.7 Å². The summed E-state index contributed by atoms with van der Waals surface area (Å²) >= 11 is 13.1. The predicted octanol–water partition coefficient (Wildman–Crippen LogP) is 5.07. The molecule has 0 radical (unpaired) electrons. The van der Waals surface area contributed by atoms with E-state index in [9.17, 15) is 28.6 Å². The number of fused-ring (bicyclic) bond motifs is 1. The molecule has 1 atom stereocenters. The van der Waals surface area contributed by atoms with Gasteiger partial charge in [-0.3, -0.25) is 9.59 Å². The van der Waals surface area contributed by atoms with Crippen molar-refractivity contribution in [1.29, 1.82) is 0 Å². The molecule has 1 aliphatic rings. The molecular formula is C30H29Cl2N2O7P. The van der Waals surface area contributed by atoms with Gasteiger partial charge < -0.3 is 19.7 Å². The summed E-state index contributed by atoms with van der Waals surface area (Å²) in [6.07, 6.45) is 8.86. The Morgan fingerprint density at radius 2 is 1.95 bits per heavy atom. The molecule has 0 saturated heterocycles. The van der Waals surface area contributed by atoms with E-state index in [0.717, 1.165) is 0 Å². The van der Waals surface area contributed by atoms with Crippen molar-refractivity contribution < 1.29 is 33.0 Å². The maximum atomic E-state index is 13.3. The first kappa shape index (κ1) is 32.6. The number of carbonyl (C=O) groups excluding carboxylic acids is 2. The minimum Gasteiger partial charge on any atom is -0.480 e. The van der Waals surface area contributed by atoms with Crippen molar-refractivity contribution in [1.82, 2.24) is 10.2 Å². The third-order valence-corrected chi connectivity index (χ3v) is 8.21. The summed E-state index contributed by atoms with van der Waals surface area (Å²) in [5.41, 5.74) is 2.38. The lowest BCUT2D eigenvalue weighted by Crippen LogP contribution is -2.41. The zero-order valence-electron chi connectivity index (χ0n) is 23.0. The van der Waals surface area contributed by atoms with Crippen molar-refractivity contribution in [3.05, 3.63) is 103 Å². The van der Waals surface area contributed by atoms with Crippen LogP contribution < -0.4 is 16.0 Å². The van der Waals surface area contributed by atoms with Crippen molar-refractivity contribution in [2.75, 3.05) is 6.54 Å². The normalized spacial score (nSPS) is 15.2. The zero-order chi connectivity index (χ0) is 31.1. The molecule has 3 rings (SSSR count). The summed E-state index contributed by atoms with van der Waals surface area (Å²) in [7, 11) is -2.90. The third-order valence-electron chi connectivity index (χ3n) is 6.69. The number of hydrogen-bond acceptors (Lipinski definition) is 6. The second-order valence-electron chi connectivity index (χ2n) is 9.32. The highest BCUT2D eigenvalue weighted by molar-refractivity contribution is 7.36. The number of carboxylic acids is 1. The van der Waals surface area contributed by atoms with Crippen LogP contribution in [0.5, 0.6) is 0 Å². The summed E-state index contributed by atoms with van der Waals surface area (Å²) < 4.78 is 28.1. The number of halogens is 2. The summed E-state index contributed by atoms with van der Waals surface area (Å²) in [4.78, 5) is 40.1. The Morgan fingerprint density at radius 3 is 2.50 bits per heavy atom. The van der Waals surface area contributed by atoms with E-state index in [1.807, 2.05) is 0 Å². The molecule has 1 aliphatic heterocycles. The third kappa shape index (κ3) is 7.48. The molecule has 2 aromatic rings. The number of furan rings is 1. The van der Waals surface area contributed by atoms with Gasteiger partial charge in [-0.05, 0) is 61.3 Å². The summed E-state index contributed by atoms with van der Waals surface area (Å²) in [5, 5.41) is 12.9. The van der Waals surface area contributed by atoms with Crippen LogP contribution in [0.25, 0.3) is 12.7 Å². The Labute approximate surface area is 253 Å². The lowest BCUT2D eigenvalue weighted by molar-refractivity contribution is -0.139. The highest BCUT2D eigenvalue weighted by Gasteiger charge is 2.30. The summed E-state index contributed by atoms with van der Waals surface area (Å²) in [6, 6.07) is 1.82. The van der Waals surface area contributed by atoms with E-state index in [1.165, 1.54) is 31.4 Å². The maximum absolute atomic E-state index is 13.3. The van der Waals surface area contributed by atoms with Crippen molar-refractivity contribution in [2.45, 2.75) is 39.3 Å². The van der Waals surface area contributed by atoms with E-state index in [4.69, 9.17) is 27.6 Å². The summed E-state index contributed by atoms with van der Waals surface area (Å²) in [6.45, 7) is 11.3. The molecule has 1 aromatic carbocycles. The van der Waals surface area contributed by atoms with Crippen molar-refractivity contribution in [3.63, 3.8) is 0 Å². The van der Waals surface area contributed by atoms with Gasteiger partial charge in [-0.25, -0.2) is 13.9 Å². The molecule has 0 unspecified atom stereocenters. The molecule has 1 aromatic heterocycles. The van der Waals surface area contributed by atoms with Gasteiger partial charge in [-0.2, -0.15) is 0 Å². The molecule has 12 heteroatoms. The second-order valence-corrected chi connectivity index (χ2v) is 11.1. The predicted molar refractivity (Wildman–Crippen MR) is 161 cm³/mol. The molecule has 220 valence electrons. The van der Waals surface area contributed by atoms with Crippen molar-refractivity contribution in [3.8, 4) is 0 Å². The SMILES string of the molecule is C=C/C(=C\C(=C/C)P(=O)=O)C[C@H](NC(=O)c1c(Cl)cc2c(c1Cl)CCN(C(=O)C(=C/C)/C=c1/occc1=C)C2)C(=O)O. The molecular weight excluding hydrogens is 602 g/mol. The van der Waals surface area contributed by atoms with E-state index < -0.39 is 25.6 Å². The van der Waals surface area contributed by atoms with Gasteiger partial charge >= 0.3 is 13.6 Å². The van der Waals surface area contributed by atoms with E-state index in [0.29, 0.717) is 45.9 Å². The first-order valence-corrected chi connectivity index (χ1v) is 14.7. The minimum absolute atomic E-state index is 0.0103. The number of aliphatic carboxylic acids is 1. The number of benzene rings is 1. The van der Waals surface area contributed by atoms with Gasteiger partial charge in [-0.15, -0.1) is 0 Å². The quantitative estimate of drug-likeness (QED) is 0.213. The van der Waals surface area contributed by atoms with Crippen LogP contribution in [0.4, 0.5) is 0 Å². The van der Waals surface area contributed by atoms with Gasteiger partial charge in [0, 0.05) is 30.3 Å². The smallest absolute Gasteiger partial charge is 0.348 e. The number of rotatable bonds is 10. The van der Waals surface area contributed by atoms with Gasteiger partial charge in [0.2, 0.25) is 0 Å². The Balaban J connectivity index is 1.85. The zero-order valence-corrected chi connectivity index (χ0v) is 25.4. The molecule has 9 nitrogen and oxygen atoms in total.